The number of nitro groups is 1. The third-order valence-electron chi connectivity index (χ3n) is 5.23. The van der Waals surface area contributed by atoms with Crippen molar-refractivity contribution in [1.82, 2.24) is 4.90 Å². The Morgan fingerprint density at radius 3 is 2.50 bits per heavy atom. The van der Waals surface area contributed by atoms with Crippen molar-refractivity contribution in [2.24, 2.45) is 5.92 Å². The predicted octanol–water partition coefficient (Wildman–Crippen LogP) is 2.17. The number of nitrogens with zero attached hydrogens (tertiary/aromatic N) is 3. The molecule has 130 valence electrons. The van der Waals surface area contributed by atoms with E-state index < -0.39 is 4.92 Å². The minimum atomic E-state index is -0.394. The van der Waals surface area contributed by atoms with Crippen LogP contribution in [0.15, 0.2) is 12.1 Å². The third-order valence-corrected chi connectivity index (χ3v) is 5.23. The summed E-state index contributed by atoms with van der Waals surface area (Å²) in [5.41, 5.74) is 1.81. The molecule has 24 heavy (non-hydrogen) atoms. The van der Waals surface area contributed by atoms with Gasteiger partial charge in [-0.25, -0.2) is 0 Å². The number of amides is 1. The van der Waals surface area contributed by atoms with Crippen LogP contribution in [0.25, 0.3) is 0 Å². The summed E-state index contributed by atoms with van der Waals surface area (Å²) in [4.78, 5) is 27.2. The first kappa shape index (κ1) is 16.7. The van der Waals surface area contributed by atoms with E-state index in [0.29, 0.717) is 23.7 Å². The van der Waals surface area contributed by atoms with Gasteiger partial charge in [0.15, 0.2) is 0 Å². The molecule has 1 N–H and O–H groups in total. The molecule has 1 aliphatic carbocycles. The van der Waals surface area contributed by atoms with Crippen molar-refractivity contribution in [3.05, 3.63) is 33.4 Å². The molecule has 1 aromatic rings. The first-order chi connectivity index (χ1) is 11.4. The van der Waals surface area contributed by atoms with Crippen molar-refractivity contribution in [2.45, 2.75) is 38.3 Å². The number of carbonyl (C=O) groups excluding carboxylic acids is 1. The Bertz CT molecular complexity index is 666. The average molecular weight is 333 g/mol. The number of carbonyl (C=O) groups is 1. The lowest BCUT2D eigenvalue weighted by molar-refractivity contribution is -0.384. The van der Waals surface area contributed by atoms with Crippen LogP contribution in [-0.2, 0) is 6.54 Å². The second-order valence-electron chi connectivity index (χ2n) is 6.94. The number of rotatable bonds is 4. The van der Waals surface area contributed by atoms with Gasteiger partial charge in [0.2, 0.25) is 0 Å². The largest absolute Gasteiger partial charge is 0.396 e. The standard InChI is InChI=1S/C17H23N3O4/c1-18(2)15-8-14-12(7-16(15)20(23)24)9-19(17(14)22)13-5-3-11(10-21)4-6-13/h7-8,11,13,21H,3-6,9-10H2,1-2H3/t11-,13-. The van der Waals surface area contributed by atoms with Gasteiger partial charge in [0.1, 0.15) is 5.69 Å². The fourth-order valence-corrected chi connectivity index (χ4v) is 3.80. The van der Waals surface area contributed by atoms with Crippen LogP contribution in [0.2, 0.25) is 0 Å². The molecule has 3 rings (SSSR count). The zero-order valence-corrected chi connectivity index (χ0v) is 14.1. The molecule has 0 radical (unpaired) electrons. The van der Waals surface area contributed by atoms with Crippen LogP contribution < -0.4 is 4.90 Å². The van der Waals surface area contributed by atoms with E-state index in [9.17, 15) is 20.0 Å². The molecule has 0 atom stereocenters. The van der Waals surface area contributed by atoms with Crippen LogP contribution in [0.1, 0.15) is 41.6 Å². The summed E-state index contributed by atoms with van der Waals surface area (Å²) >= 11 is 0. The summed E-state index contributed by atoms with van der Waals surface area (Å²) in [6.45, 7) is 0.649. The summed E-state index contributed by atoms with van der Waals surface area (Å²) in [5, 5.41) is 20.6. The Labute approximate surface area is 141 Å². The highest BCUT2D eigenvalue weighted by molar-refractivity contribution is 6.00. The van der Waals surface area contributed by atoms with E-state index in [0.717, 1.165) is 31.2 Å². The van der Waals surface area contributed by atoms with Crippen LogP contribution in [0, 0.1) is 16.0 Å². The normalized spacial score (nSPS) is 23.3. The molecule has 2 aliphatic rings. The minimum Gasteiger partial charge on any atom is -0.396 e. The number of aliphatic hydroxyl groups is 1. The van der Waals surface area contributed by atoms with Gasteiger partial charge in [-0.15, -0.1) is 0 Å². The molecule has 0 aromatic heterocycles. The van der Waals surface area contributed by atoms with Gasteiger partial charge in [-0.2, -0.15) is 0 Å². The maximum absolute atomic E-state index is 12.8. The van der Waals surface area contributed by atoms with Crippen molar-refractivity contribution < 1.29 is 14.8 Å². The molecule has 1 amide bonds. The van der Waals surface area contributed by atoms with Crippen molar-refractivity contribution >= 4 is 17.3 Å². The van der Waals surface area contributed by atoms with Crippen LogP contribution in [0.3, 0.4) is 0 Å². The van der Waals surface area contributed by atoms with Crippen molar-refractivity contribution in [1.29, 1.82) is 0 Å². The minimum absolute atomic E-state index is 0.0320. The smallest absolute Gasteiger partial charge is 0.292 e. The molecule has 7 heteroatoms. The zero-order valence-electron chi connectivity index (χ0n) is 14.1. The van der Waals surface area contributed by atoms with E-state index in [1.165, 1.54) is 0 Å². The van der Waals surface area contributed by atoms with Gasteiger partial charge >= 0.3 is 0 Å². The Morgan fingerprint density at radius 2 is 1.96 bits per heavy atom. The van der Waals surface area contributed by atoms with Gasteiger partial charge in [-0.1, -0.05) is 0 Å². The van der Waals surface area contributed by atoms with Gasteiger partial charge in [-0.05, 0) is 43.2 Å². The molecule has 0 unspecified atom stereocenters. The highest BCUT2D eigenvalue weighted by Crippen LogP contribution is 2.37. The summed E-state index contributed by atoms with van der Waals surface area (Å²) in [7, 11) is 3.48. The molecule has 1 aromatic carbocycles. The number of hydrogen-bond acceptors (Lipinski definition) is 5. The monoisotopic (exact) mass is 333 g/mol. The van der Waals surface area contributed by atoms with Crippen LogP contribution in [0.5, 0.6) is 0 Å². The fraction of sp³-hybridized carbons (Fsp3) is 0.588. The molecule has 1 fully saturated rings. The van der Waals surface area contributed by atoms with Crippen molar-refractivity contribution in [3.8, 4) is 0 Å². The molecule has 1 heterocycles. The summed E-state index contributed by atoms with van der Waals surface area (Å²) < 4.78 is 0. The Kier molecular flexibility index (Phi) is 4.45. The second-order valence-corrected chi connectivity index (χ2v) is 6.94. The molecule has 7 nitrogen and oxygen atoms in total. The average Bonchev–Trinajstić information content (AvgIpc) is 2.90. The summed E-state index contributed by atoms with van der Waals surface area (Å²) in [5.74, 6) is 0.304. The van der Waals surface area contributed by atoms with Gasteiger partial charge in [0.25, 0.3) is 11.6 Å². The Morgan fingerprint density at radius 1 is 1.29 bits per heavy atom. The molecule has 1 saturated carbocycles. The number of benzene rings is 1. The molecule has 0 spiro atoms. The van der Waals surface area contributed by atoms with Gasteiger partial charge < -0.3 is 14.9 Å². The van der Waals surface area contributed by atoms with Gasteiger partial charge in [-0.3, -0.25) is 14.9 Å². The second kappa shape index (κ2) is 6.39. The first-order valence-corrected chi connectivity index (χ1v) is 8.32. The van der Waals surface area contributed by atoms with Crippen LogP contribution >= 0.6 is 0 Å². The number of aliphatic hydroxyl groups excluding tert-OH is 1. The Hall–Kier alpha value is -2.15. The SMILES string of the molecule is CN(C)c1cc2c(cc1[N+](=O)[O-])CN([C@H]1CC[C@H](CO)CC1)C2=O. The van der Waals surface area contributed by atoms with E-state index in [4.69, 9.17) is 0 Å². The third kappa shape index (κ3) is 2.84. The fourth-order valence-electron chi connectivity index (χ4n) is 3.80. The lowest BCUT2D eigenvalue weighted by Crippen LogP contribution is -2.38. The highest BCUT2D eigenvalue weighted by atomic mass is 16.6. The maximum Gasteiger partial charge on any atom is 0.292 e. The number of fused-ring (bicyclic) bond motifs is 1. The lowest BCUT2D eigenvalue weighted by Gasteiger charge is -2.34. The maximum atomic E-state index is 12.8. The first-order valence-electron chi connectivity index (χ1n) is 8.32. The van der Waals surface area contributed by atoms with E-state index in [-0.39, 0.29) is 24.2 Å². The van der Waals surface area contributed by atoms with E-state index in [2.05, 4.69) is 0 Å². The molecule has 1 aliphatic heterocycles. The van der Waals surface area contributed by atoms with E-state index in [1.807, 2.05) is 4.90 Å². The summed E-state index contributed by atoms with van der Waals surface area (Å²) in [6.07, 6.45) is 3.61. The predicted molar refractivity (Wildman–Crippen MR) is 90.1 cm³/mol. The number of hydrogen-bond donors (Lipinski definition) is 1. The van der Waals surface area contributed by atoms with Gasteiger partial charge in [0.05, 0.1) is 4.92 Å². The van der Waals surface area contributed by atoms with E-state index in [1.54, 1.807) is 31.1 Å². The number of nitro benzene ring substituents is 1. The summed E-state index contributed by atoms with van der Waals surface area (Å²) in [6, 6.07) is 3.35. The Balaban J connectivity index is 1.86. The zero-order chi connectivity index (χ0) is 17.4. The van der Waals surface area contributed by atoms with Gasteiger partial charge in [0, 0.05) is 44.9 Å². The van der Waals surface area contributed by atoms with Crippen molar-refractivity contribution in [3.63, 3.8) is 0 Å². The molecule has 0 bridgehead atoms. The molecule has 0 saturated heterocycles. The topological polar surface area (TPSA) is 86.9 Å². The quantitative estimate of drug-likeness (QED) is 0.674. The van der Waals surface area contributed by atoms with Crippen LogP contribution in [0.4, 0.5) is 11.4 Å². The highest BCUT2D eigenvalue weighted by Gasteiger charge is 2.36. The lowest BCUT2D eigenvalue weighted by atomic mass is 9.86. The molecular formula is C17H23N3O4. The molecular weight excluding hydrogens is 310 g/mol. The number of anilines is 1. The van der Waals surface area contributed by atoms with E-state index >= 15 is 0 Å². The van der Waals surface area contributed by atoms with Crippen molar-refractivity contribution in [2.75, 3.05) is 25.6 Å². The van der Waals surface area contributed by atoms with Crippen LogP contribution in [-0.4, -0.2) is 47.6 Å².